The van der Waals surface area contributed by atoms with E-state index in [-0.39, 0.29) is 11.8 Å². The van der Waals surface area contributed by atoms with Gasteiger partial charge in [-0.1, -0.05) is 22.0 Å². The normalized spacial score (nSPS) is 17.9. The smallest absolute Gasteiger partial charge is 0.243 e. The van der Waals surface area contributed by atoms with Crippen molar-refractivity contribution in [3.63, 3.8) is 0 Å². The summed E-state index contributed by atoms with van der Waals surface area (Å²) >= 11 is 3.42. The van der Waals surface area contributed by atoms with Crippen molar-refractivity contribution in [1.29, 1.82) is 0 Å². The van der Waals surface area contributed by atoms with E-state index in [1.807, 2.05) is 37.3 Å². The van der Waals surface area contributed by atoms with Gasteiger partial charge in [0.05, 0.1) is 4.90 Å². The number of carbonyl (C=O) groups excluding carboxylic acids is 1. The van der Waals surface area contributed by atoms with Crippen LogP contribution in [0.4, 0.5) is 5.69 Å². The first-order chi connectivity index (χ1) is 13.8. The van der Waals surface area contributed by atoms with E-state index in [0.717, 1.165) is 40.5 Å². The van der Waals surface area contributed by atoms with Crippen molar-refractivity contribution in [2.45, 2.75) is 43.9 Å². The number of anilines is 1. The topological polar surface area (TPSA) is 66.5 Å². The van der Waals surface area contributed by atoms with Crippen LogP contribution in [0, 0.1) is 12.8 Å². The maximum atomic E-state index is 13.1. The summed E-state index contributed by atoms with van der Waals surface area (Å²) in [5.41, 5.74) is 4.21. The summed E-state index contributed by atoms with van der Waals surface area (Å²) < 4.78 is 28.6. The number of hydrogen-bond donors (Lipinski definition) is 1. The lowest BCUT2D eigenvalue weighted by Crippen LogP contribution is -2.41. The van der Waals surface area contributed by atoms with E-state index in [0.29, 0.717) is 30.8 Å². The van der Waals surface area contributed by atoms with Crippen LogP contribution >= 0.6 is 15.9 Å². The zero-order valence-electron chi connectivity index (χ0n) is 16.4. The second kappa shape index (κ2) is 8.20. The molecule has 0 radical (unpaired) electrons. The van der Waals surface area contributed by atoms with Crippen LogP contribution in [-0.2, 0) is 27.7 Å². The van der Waals surface area contributed by atoms with Gasteiger partial charge in [0.2, 0.25) is 15.9 Å². The highest BCUT2D eigenvalue weighted by atomic mass is 79.9. The van der Waals surface area contributed by atoms with Crippen LogP contribution in [0.2, 0.25) is 0 Å². The van der Waals surface area contributed by atoms with Gasteiger partial charge in [-0.05, 0) is 86.1 Å². The molecule has 1 saturated heterocycles. The molecule has 0 bridgehead atoms. The molecule has 154 valence electrons. The predicted octanol–water partition coefficient (Wildman–Crippen LogP) is 4.29. The van der Waals surface area contributed by atoms with E-state index in [1.165, 1.54) is 9.87 Å². The molecule has 4 rings (SSSR count). The molecule has 29 heavy (non-hydrogen) atoms. The minimum absolute atomic E-state index is 0.0370. The van der Waals surface area contributed by atoms with Gasteiger partial charge in [-0.2, -0.15) is 4.31 Å². The molecule has 1 aliphatic heterocycles. The molecule has 2 aliphatic rings. The summed E-state index contributed by atoms with van der Waals surface area (Å²) in [5, 5.41) is 2.99. The number of amides is 1. The number of nitrogens with one attached hydrogen (secondary N) is 1. The molecule has 0 unspecified atom stereocenters. The van der Waals surface area contributed by atoms with Gasteiger partial charge in [0.15, 0.2) is 0 Å². The standard InChI is InChI=1S/C22H25BrN2O3S/c1-15-13-19(23)6-8-21(15)24-22(26)17-9-11-25(12-10-17)29(27,28)20-7-5-16-3-2-4-18(16)14-20/h5-8,13-14,17H,2-4,9-12H2,1H3,(H,24,26). The molecule has 0 spiro atoms. The van der Waals surface area contributed by atoms with E-state index in [2.05, 4.69) is 21.2 Å². The molecule has 1 fully saturated rings. The third kappa shape index (κ3) is 4.27. The Morgan fingerprint density at radius 3 is 2.52 bits per heavy atom. The van der Waals surface area contributed by atoms with Gasteiger partial charge in [-0.15, -0.1) is 0 Å². The highest BCUT2D eigenvalue weighted by Crippen LogP contribution is 2.29. The quantitative estimate of drug-likeness (QED) is 0.715. The largest absolute Gasteiger partial charge is 0.326 e. The number of piperidine rings is 1. The van der Waals surface area contributed by atoms with Crippen molar-refractivity contribution in [2.24, 2.45) is 5.92 Å². The molecule has 0 atom stereocenters. The Morgan fingerprint density at radius 2 is 1.79 bits per heavy atom. The summed E-state index contributed by atoms with van der Waals surface area (Å²) in [6, 6.07) is 11.3. The maximum Gasteiger partial charge on any atom is 0.243 e. The molecular weight excluding hydrogens is 452 g/mol. The molecule has 1 aliphatic carbocycles. The number of hydrogen-bond acceptors (Lipinski definition) is 3. The molecule has 0 saturated carbocycles. The molecule has 7 heteroatoms. The van der Waals surface area contributed by atoms with E-state index in [9.17, 15) is 13.2 Å². The number of rotatable bonds is 4. The molecular formula is C22H25BrN2O3S. The first-order valence-electron chi connectivity index (χ1n) is 10.0. The van der Waals surface area contributed by atoms with Gasteiger partial charge in [-0.25, -0.2) is 8.42 Å². The monoisotopic (exact) mass is 476 g/mol. The minimum atomic E-state index is -3.51. The van der Waals surface area contributed by atoms with E-state index >= 15 is 0 Å². The molecule has 0 aromatic heterocycles. The van der Waals surface area contributed by atoms with E-state index in [4.69, 9.17) is 0 Å². The van der Waals surface area contributed by atoms with Crippen molar-refractivity contribution in [3.8, 4) is 0 Å². The lowest BCUT2D eigenvalue weighted by molar-refractivity contribution is -0.120. The van der Waals surface area contributed by atoms with Gasteiger partial charge in [0, 0.05) is 29.2 Å². The third-order valence-corrected chi connectivity index (χ3v) is 8.37. The Morgan fingerprint density at radius 1 is 1.07 bits per heavy atom. The van der Waals surface area contributed by atoms with Crippen LogP contribution in [0.1, 0.15) is 36.0 Å². The fourth-order valence-electron chi connectivity index (χ4n) is 4.22. The highest BCUT2D eigenvalue weighted by molar-refractivity contribution is 9.10. The van der Waals surface area contributed by atoms with Gasteiger partial charge in [-0.3, -0.25) is 4.79 Å². The van der Waals surface area contributed by atoms with Gasteiger partial charge < -0.3 is 5.32 Å². The number of sulfonamides is 1. The van der Waals surface area contributed by atoms with Crippen LogP contribution in [0.25, 0.3) is 0 Å². The number of nitrogens with zero attached hydrogens (tertiary/aromatic N) is 1. The summed E-state index contributed by atoms with van der Waals surface area (Å²) in [5.74, 6) is -0.213. The Balaban J connectivity index is 1.40. The van der Waals surface area contributed by atoms with Crippen molar-refractivity contribution < 1.29 is 13.2 Å². The SMILES string of the molecule is Cc1cc(Br)ccc1NC(=O)C1CCN(S(=O)(=O)c2ccc3c(c2)CCC3)CC1. The Kier molecular flexibility index (Phi) is 5.82. The predicted molar refractivity (Wildman–Crippen MR) is 117 cm³/mol. The summed E-state index contributed by atoms with van der Waals surface area (Å²) in [6.45, 7) is 2.69. The zero-order valence-corrected chi connectivity index (χ0v) is 18.9. The molecule has 2 aromatic rings. The van der Waals surface area contributed by atoms with Crippen LogP contribution in [0.5, 0.6) is 0 Å². The van der Waals surface area contributed by atoms with Crippen LogP contribution in [0.3, 0.4) is 0 Å². The zero-order chi connectivity index (χ0) is 20.6. The Bertz CT molecular complexity index is 1040. The van der Waals surface area contributed by atoms with E-state index < -0.39 is 10.0 Å². The number of fused-ring (bicyclic) bond motifs is 1. The minimum Gasteiger partial charge on any atom is -0.326 e. The number of benzene rings is 2. The molecule has 1 N–H and O–H groups in total. The summed E-state index contributed by atoms with van der Waals surface area (Å²) in [4.78, 5) is 13.0. The molecule has 1 heterocycles. The first-order valence-corrected chi connectivity index (χ1v) is 12.3. The Labute approximate surface area is 180 Å². The third-order valence-electron chi connectivity index (χ3n) is 5.98. The average molecular weight is 477 g/mol. The van der Waals surface area contributed by atoms with Gasteiger partial charge in [0.25, 0.3) is 0 Å². The average Bonchev–Trinajstić information content (AvgIpc) is 3.18. The van der Waals surface area contributed by atoms with Crippen molar-refractivity contribution in [1.82, 2.24) is 4.31 Å². The number of carbonyl (C=O) groups is 1. The fraction of sp³-hybridized carbons (Fsp3) is 0.409. The lowest BCUT2D eigenvalue weighted by atomic mass is 9.97. The van der Waals surface area contributed by atoms with Crippen molar-refractivity contribution in [3.05, 3.63) is 57.6 Å². The molecule has 1 amide bonds. The van der Waals surface area contributed by atoms with Gasteiger partial charge in [0.1, 0.15) is 0 Å². The molecule has 2 aromatic carbocycles. The highest BCUT2D eigenvalue weighted by Gasteiger charge is 2.32. The van der Waals surface area contributed by atoms with Gasteiger partial charge >= 0.3 is 0 Å². The maximum absolute atomic E-state index is 13.1. The van der Waals surface area contributed by atoms with Crippen LogP contribution in [0.15, 0.2) is 45.8 Å². The number of halogens is 1. The molecule has 5 nitrogen and oxygen atoms in total. The van der Waals surface area contributed by atoms with Crippen molar-refractivity contribution >= 4 is 37.5 Å². The lowest BCUT2D eigenvalue weighted by Gasteiger charge is -2.30. The second-order valence-electron chi connectivity index (χ2n) is 7.91. The van der Waals surface area contributed by atoms with E-state index in [1.54, 1.807) is 6.07 Å². The summed E-state index contributed by atoms with van der Waals surface area (Å²) in [6.07, 6.45) is 4.15. The van der Waals surface area contributed by atoms with Crippen LogP contribution in [-0.4, -0.2) is 31.7 Å². The van der Waals surface area contributed by atoms with Crippen molar-refractivity contribution in [2.75, 3.05) is 18.4 Å². The second-order valence-corrected chi connectivity index (χ2v) is 10.8. The van der Waals surface area contributed by atoms with Crippen LogP contribution < -0.4 is 5.32 Å². The summed E-state index contributed by atoms with van der Waals surface area (Å²) in [7, 11) is -3.51. The Hall–Kier alpha value is -1.70. The fourth-order valence-corrected chi connectivity index (χ4v) is 6.21. The number of aryl methyl sites for hydroxylation is 3. The first kappa shape index (κ1) is 20.6.